The topological polar surface area (TPSA) is 173 Å². The summed E-state index contributed by atoms with van der Waals surface area (Å²) in [5.41, 5.74) is -1.35. The van der Waals surface area contributed by atoms with Crippen molar-refractivity contribution in [1.82, 2.24) is 14.5 Å². The quantitative estimate of drug-likeness (QED) is 0.323. The number of thiazole rings is 1. The Morgan fingerprint density at radius 1 is 1.44 bits per heavy atom. The first-order valence-electron chi connectivity index (χ1n) is 8.98. The van der Waals surface area contributed by atoms with Gasteiger partial charge in [-0.1, -0.05) is 18.3 Å². The van der Waals surface area contributed by atoms with Crippen LogP contribution in [0.15, 0.2) is 9.59 Å². The SMILES string of the molecule is CCC(OC(C)=O)[C@@H]1C[C@H](OS(=O)(=O)C(F)(F)F)[C@H](n2c(=O)sc3c(=O)[nH]c(N)nc32)O1. The van der Waals surface area contributed by atoms with Crippen LogP contribution in [-0.2, 0) is 28.6 Å². The number of fused-ring (bicyclic) bond motifs is 1. The molecular weight excluding hydrogens is 485 g/mol. The van der Waals surface area contributed by atoms with Crippen molar-refractivity contribution >= 4 is 43.7 Å². The Hall–Kier alpha value is -2.50. The van der Waals surface area contributed by atoms with Crippen LogP contribution in [0.5, 0.6) is 0 Å². The number of hydrogen-bond donors (Lipinski definition) is 2. The number of ether oxygens (including phenoxy) is 2. The molecule has 1 aliphatic heterocycles. The van der Waals surface area contributed by atoms with Crippen LogP contribution < -0.4 is 16.2 Å². The number of aromatic nitrogens is 3. The standard InChI is InChI=1S/C15H17F3N4O8S2/c1-3-6(28-5(2)23)7-4-8(30-32(26,27)15(16,17)18)12(29-7)22-10-9(31-14(22)25)11(24)21-13(19)20-10/h6-8,12H,3-4H2,1-2H3,(H3,19,20,21,24)/t6?,7-,8-,12+/m0/s1. The van der Waals surface area contributed by atoms with Gasteiger partial charge in [0, 0.05) is 13.3 Å². The van der Waals surface area contributed by atoms with Crippen LogP contribution in [0.1, 0.15) is 32.9 Å². The lowest BCUT2D eigenvalue weighted by Crippen LogP contribution is -2.35. The van der Waals surface area contributed by atoms with Gasteiger partial charge in [0.2, 0.25) is 5.95 Å². The van der Waals surface area contributed by atoms with E-state index in [2.05, 4.69) is 14.2 Å². The normalized spacial score (nSPS) is 22.8. The summed E-state index contributed by atoms with van der Waals surface area (Å²) in [6.45, 7) is 2.70. The molecule has 0 bridgehead atoms. The van der Waals surface area contributed by atoms with Crippen LogP contribution in [0.3, 0.4) is 0 Å². The molecule has 2 aromatic rings. The van der Waals surface area contributed by atoms with E-state index >= 15 is 0 Å². The number of nitrogens with two attached hydrogens (primary N) is 1. The Morgan fingerprint density at radius 3 is 2.66 bits per heavy atom. The number of esters is 1. The Morgan fingerprint density at radius 2 is 2.09 bits per heavy atom. The predicted molar refractivity (Wildman–Crippen MR) is 103 cm³/mol. The molecule has 0 aliphatic carbocycles. The van der Waals surface area contributed by atoms with Crippen molar-refractivity contribution in [2.45, 2.75) is 56.7 Å². The van der Waals surface area contributed by atoms with Gasteiger partial charge in [-0.2, -0.15) is 26.6 Å². The lowest BCUT2D eigenvalue weighted by Gasteiger charge is -2.22. The molecule has 1 saturated heterocycles. The van der Waals surface area contributed by atoms with Crippen molar-refractivity contribution in [3.8, 4) is 0 Å². The highest BCUT2D eigenvalue weighted by Crippen LogP contribution is 2.38. The number of carbonyl (C=O) groups is 1. The highest BCUT2D eigenvalue weighted by molar-refractivity contribution is 7.87. The smallest absolute Gasteiger partial charge is 0.460 e. The van der Waals surface area contributed by atoms with Crippen molar-refractivity contribution in [2.75, 3.05) is 5.73 Å². The fraction of sp³-hybridized carbons (Fsp3) is 0.600. The number of nitrogens with zero attached hydrogens (tertiary/aromatic N) is 2. The van der Waals surface area contributed by atoms with Gasteiger partial charge in [-0.05, 0) is 6.42 Å². The zero-order valence-corrected chi connectivity index (χ0v) is 18.0. The van der Waals surface area contributed by atoms with Gasteiger partial charge < -0.3 is 15.2 Å². The number of alkyl halides is 3. The van der Waals surface area contributed by atoms with E-state index in [4.69, 9.17) is 15.2 Å². The monoisotopic (exact) mass is 502 g/mol. The Bertz CT molecular complexity index is 1250. The molecule has 3 N–H and O–H groups in total. The van der Waals surface area contributed by atoms with E-state index in [-0.39, 0.29) is 16.8 Å². The summed E-state index contributed by atoms with van der Waals surface area (Å²) in [5, 5.41) is 0. The van der Waals surface area contributed by atoms with Gasteiger partial charge in [0.25, 0.3) is 5.56 Å². The van der Waals surface area contributed by atoms with Gasteiger partial charge in [-0.25, -0.2) is 0 Å². The third kappa shape index (κ3) is 4.50. The Balaban J connectivity index is 2.11. The molecule has 0 saturated carbocycles. The predicted octanol–water partition coefficient (Wildman–Crippen LogP) is 0.593. The molecule has 17 heteroatoms. The van der Waals surface area contributed by atoms with E-state index in [1.54, 1.807) is 6.92 Å². The number of nitrogens with one attached hydrogen (secondary N) is 1. The highest BCUT2D eigenvalue weighted by atomic mass is 32.2. The first-order valence-corrected chi connectivity index (χ1v) is 11.2. The molecule has 3 heterocycles. The van der Waals surface area contributed by atoms with Gasteiger partial charge >= 0.3 is 26.5 Å². The summed E-state index contributed by atoms with van der Waals surface area (Å²) in [4.78, 5) is 41.1. The van der Waals surface area contributed by atoms with E-state index in [1.807, 2.05) is 0 Å². The maximum atomic E-state index is 12.9. The summed E-state index contributed by atoms with van der Waals surface area (Å²) < 4.78 is 77.6. The number of hydrogen-bond acceptors (Lipinski definition) is 11. The molecule has 0 aromatic carbocycles. The van der Waals surface area contributed by atoms with Crippen molar-refractivity contribution < 1.29 is 40.0 Å². The van der Waals surface area contributed by atoms with E-state index in [0.29, 0.717) is 15.9 Å². The minimum atomic E-state index is -6.08. The second kappa shape index (κ2) is 8.45. The number of carbonyl (C=O) groups excluding carboxylic acids is 1. The average Bonchev–Trinajstić information content (AvgIpc) is 3.18. The summed E-state index contributed by atoms with van der Waals surface area (Å²) in [7, 11) is -6.08. The van der Waals surface area contributed by atoms with Crippen molar-refractivity contribution in [3.05, 3.63) is 20.0 Å². The van der Waals surface area contributed by atoms with Gasteiger partial charge in [0.15, 0.2) is 11.9 Å². The summed E-state index contributed by atoms with van der Waals surface area (Å²) in [6, 6.07) is 0. The molecule has 3 rings (SSSR count). The Labute approximate surface area is 181 Å². The summed E-state index contributed by atoms with van der Waals surface area (Å²) in [6.07, 6.45) is -6.00. The minimum Gasteiger partial charge on any atom is -0.460 e. The first-order chi connectivity index (χ1) is 14.7. The summed E-state index contributed by atoms with van der Waals surface area (Å²) >= 11 is 0.406. The first kappa shape index (κ1) is 24.1. The van der Waals surface area contributed by atoms with Crippen molar-refractivity contribution in [1.29, 1.82) is 0 Å². The molecule has 0 spiro atoms. The molecule has 0 amide bonds. The molecule has 1 aliphatic rings. The molecule has 1 unspecified atom stereocenters. The molecule has 12 nitrogen and oxygen atoms in total. The number of anilines is 1. The number of aromatic amines is 1. The lowest BCUT2D eigenvalue weighted by atomic mass is 10.1. The number of H-pyrrole nitrogens is 1. The third-order valence-electron chi connectivity index (χ3n) is 4.51. The van der Waals surface area contributed by atoms with Crippen LogP contribution >= 0.6 is 11.3 Å². The van der Waals surface area contributed by atoms with E-state index in [1.165, 1.54) is 0 Å². The third-order valence-corrected chi connectivity index (χ3v) is 6.52. The zero-order chi connectivity index (χ0) is 24.0. The van der Waals surface area contributed by atoms with Gasteiger partial charge in [0.1, 0.15) is 16.9 Å². The average molecular weight is 502 g/mol. The van der Waals surface area contributed by atoms with E-state index in [0.717, 1.165) is 6.92 Å². The van der Waals surface area contributed by atoms with E-state index in [9.17, 15) is 36.0 Å². The van der Waals surface area contributed by atoms with Crippen molar-refractivity contribution in [3.63, 3.8) is 0 Å². The molecular formula is C15H17F3N4O8S2. The van der Waals surface area contributed by atoms with Gasteiger partial charge in [0.05, 0.1) is 6.10 Å². The van der Waals surface area contributed by atoms with E-state index < -0.39 is 68.9 Å². The van der Waals surface area contributed by atoms with Crippen LogP contribution in [-0.4, -0.2) is 52.7 Å². The molecule has 1 fully saturated rings. The summed E-state index contributed by atoms with van der Waals surface area (Å²) in [5.74, 6) is -1.10. The van der Waals surface area contributed by atoms with Crippen molar-refractivity contribution in [2.24, 2.45) is 0 Å². The van der Waals surface area contributed by atoms with Crippen LogP contribution in [0.4, 0.5) is 19.1 Å². The Kier molecular flexibility index (Phi) is 6.38. The minimum absolute atomic E-state index is 0.167. The van der Waals surface area contributed by atoms with Crippen LogP contribution in [0.2, 0.25) is 0 Å². The maximum Gasteiger partial charge on any atom is 0.523 e. The second-order valence-corrected chi connectivity index (χ2v) is 9.26. The van der Waals surface area contributed by atoms with Gasteiger partial charge in [-0.15, -0.1) is 0 Å². The zero-order valence-electron chi connectivity index (χ0n) is 16.4. The number of rotatable bonds is 6. The van der Waals surface area contributed by atoms with Gasteiger partial charge in [-0.3, -0.25) is 28.1 Å². The number of halogens is 3. The molecule has 178 valence electrons. The molecule has 0 radical (unpaired) electrons. The van der Waals surface area contributed by atoms with Crippen LogP contribution in [0, 0.1) is 0 Å². The highest BCUT2D eigenvalue weighted by Gasteiger charge is 2.53. The fourth-order valence-corrected chi connectivity index (χ4v) is 4.69. The molecule has 4 atom stereocenters. The fourth-order valence-electron chi connectivity index (χ4n) is 3.24. The molecule has 32 heavy (non-hydrogen) atoms. The molecule has 2 aromatic heterocycles. The largest absolute Gasteiger partial charge is 0.523 e. The number of nitrogen functional groups attached to an aromatic ring is 1. The van der Waals surface area contributed by atoms with Crippen LogP contribution in [0.25, 0.3) is 10.3 Å². The lowest BCUT2D eigenvalue weighted by molar-refractivity contribution is -0.156. The second-order valence-electron chi connectivity index (χ2n) is 6.73. The maximum absolute atomic E-state index is 12.9.